The molecule has 23 heavy (non-hydrogen) atoms. The lowest BCUT2D eigenvalue weighted by atomic mass is 9.82. The van der Waals surface area contributed by atoms with E-state index in [0.29, 0.717) is 12.1 Å². The molecule has 1 unspecified atom stereocenters. The minimum absolute atomic E-state index is 0.109. The van der Waals surface area contributed by atoms with Crippen LogP contribution in [0.4, 0.5) is 10.5 Å². The molecule has 1 aromatic carbocycles. The third-order valence-corrected chi connectivity index (χ3v) is 5.33. The SMILES string of the molecule is COc1ccc(NC(=O)NC2C[C@H]3CCC[C@@H](C2)N3C)cc1C. The Bertz CT molecular complexity index is 561. The number of rotatable bonds is 3. The highest BCUT2D eigenvalue weighted by atomic mass is 16.5. The predicted molar refractivity (Wildman–Crippen MR) is 92.1 cm³/mol. The van der Waals surface area contributed by atoms with E-state index in [0.717, 1.165) is 29.8 Å². The Morgan fingerprint density at radius 1 is 1.26 bits per heavy atom. The van der Waals surface area contributed by atoms with Crippen molar-refractivity contribution < 1.29 is 9.53 Å². The maximum Gasteiger partial charge on any atom is 0.319 e. The molecule has 0 saturated carbocycles. The standard InChI is InChI=1S/C18H27N3O2/c1-12-9-13(7-8-17(12)23-3)19-18(22)20-14-10-15-5-4-6-16(11-14)21(15)2/h7-9,14-16H,4-6,10-11H2,1-3H3,(H2,19,20,22)/t14?,15-,16+. The molecule has 126 valence electrons. The molecule has 2 N–H and O–H groups in total. The second kappa shape index (κ2) is 6.79. The first-order chi connectivity index (χ1) is 11.1. The highest BCUT2D eigenvalue weighted by Crippen LogP contribution is 2.32. The summed E-state index contributed by atoms with van der Waals surface area (Å²) in [6.45, 7) is 1.97. The molecule has 0 radical (unpaired) electrons. The summed E-state index contributed by atoms with van der Waals surface area (Å²) in [7, 11) is 3.88. The number of hydrogen-bond acceptors (Lipinski definition) is 3. The summed E-state index contributed by atoms with van der Waals surface area (Å²) in [6, 6.07) is 7.09. The molecule has 3 rings (SSSR count). The van der Waals surface area contributed by atoms with Gasteiger partial charge in [0.05, 0.1) is 7.11 Å². The van der Waals surface area contributed by atoms with Crippen molar-refractivity contribution >= 4 is 11.7 Å². The summed E-state index contributed by atoms with van der Waals surface area (Å²) in [5, 5.41) is 6.10. The Hall–Kier alpha value is -1.75. The summed E-state index contributed by atoms with van der Waals surface area (Å²) in [5.74, 6) is 0.833. The highest BCUT2D eigenvalue weighted by Gasteiger charge is 2.36. The van der Waals surface area contributed by atoms with Crippen LogP contribution in [0.3, 0.4) is 0 Å². The van der Waals surface area contributed by atoms with E-state index in [1.807, 2.05) is 25.1 Å². The number of urea groups is 1. The molecule has 2 heterocycles. The average molecular weight is 317 g/mol. The Labute approximate surface area is 138 Å². The van der Waals surface area contributed by atoms with E-state index in [2.05, 4.69) is 22.6 Å². The zero-order valence-electron chi connectivity index (χ0n) is 14.3. The predicted octanol–water partition coefficient (Wildman–Crippen LogP) is 3.14. The van der Waals surface area contributed by atoms with Gasteiger partial charge in [0.25, 0.3) is 0 Å². The smallest absolute Gasteiger partial charge is 0.319 e. The van der Waals surface area contributed by atoms with Gasteiger partial charge >= 0.3 is 6.03 Å². The van der Waals surface area contributed by atoms with E-state index in [-0.39, 0.29) is 12.1 Å². The number of carbonyl (C=O) groups is 1. The number of nitrogens with one attached hydrogen (secondary N) is 2. The van der Waals surface area contributed by atoms with Crippen LogP contribution >= 0.6 is 0 Å². The van der Waals surface area contributed by atoms with E-state index in [4.69, 9.17) is 4.74 Å². The van der Waals surface area contributed by atoms with E-state index >= 15 is 0 Å². The molecule has 2 aliphatic heterocycles. The van der Waals surface area contributed by atoms with Crippen molar-refractivity contribution in [3.63, 3.8) is 0 Å². The lowest BCUT2D eigenvalue weighted by Crippen LogP contribution is -2.55. The van der Waals surface area contributed by atoms with Crippen molar-refractivity contribution in [1.29, 1.82) is 0 Å². The molecule has 0 aromatic heterocycles. The van der Waals surface area contributed by atoms with Crippen LogP contribution in [0.5, 0.6) is 5.75 Å². The van der Waals surface area contributed by atoms with Crippen LogP contribution in [0.2, 0.25) is 0 Å². The highest BCUT2D eigenvalue weighted by molar-refractivity contribution is 5.89. The number of carbonyl (C=O) groups excluding carboxylic acids is 1. The number of hydrogen-bond donors (Lipinski definition) is 2. The zero-order chi connectivity index (χ0) is 16.4. The summed E-state index contributed by atoms with van der Waals surface area (Å²) >= 11 is 0. The van der Waals surface area contributed by atoms with Gasteiger partial charge in [0.1, 0.15) is 5.75 Å². The normalized spacial score (nSPS) is 27.3. The number of aryl methyl sites for hydroxylation is 1. The first-order valence-corrected chi connectivity index (χ1v) is 8.51. The maximum absolute atomic E-state index is 12.3. The number of benzene rings is 1. The molecular formula is C18H27N3O2. The van der Waals surface area contributed by atoms with Gasteiger partial charge < -0.3 is 20.3 Å². The third kappa shape index (κ3) is 3.61. The van der Waals surface area contributed by atoms with Gasteiger partial charge in [-0.25, -0.2) is 4.79 Å². The first kappa shape index (κ1) is 16.1. The molecule has 2 amide bonds. The lowest BCUT2D eigenvalue weighted by Gasteiger charge is -2.47. The van der Waals surface area contributed by atoms with Crippen molar-refractivity contribution in [3.05, 3.63) is 23.8 Å². The van der Waals surface area contributed by atoms with E-state index in [1.165, 1.54) is 19.3 Å². The van der Waals surface area contributed by atoms with Crippen LogP contribution < -0.4 is 15.4 Å². The zero-order valence-corrected chi connectivity index (χ0v) is 14.3. The number of ether oxygens (including phenoxy) is 1. The second-order valence-corrected chi connectivity index (χ2v) is 6.86. The summed E-state index contributed by atoms with van der Waals surface area (Å²) < 4.78 is 5.25. The summed E-state index contributed by atoms with van der Waals surface area (Å²) in [6.07, 6.45) is 5.95. The van der Waals surface area contributed by atoms with Crippen molar-refractivity contribution in [1.82, 2.24) is 10.2 Å². The third-order valence-electron chi connectivity index (χ3n) is 5.33. The minimum atomic E-state index is -0.109. The number of piperidine rings is 2. The van der Waals surface area contributed by atoms with Crippen LogP contribution in [0.1, 0.15) is 37.7 Å². The molecule has 0 spiro atoms. The summed E-state index contributed by atoms with van der Waals surface area (Å²) in [5.41, 5.74) is 1.81. The van der Waals surface area contributed by atoms with Crippen molar-refractivity contribution in [3.8, 4) is 5.75 Å². The van der Waals surface area contributed by atoms with Gasteiger partial charge in [-0.15, -0.1) is 0 Å². The van der Waals surface area contributed by atoms with Crippen molar-refractivity contribution in [2.45, 2.75) is 57.2 Å². The Morgan fingerprint density at radius 3 is 2.57 bits per heavy atom. The molecule has 5 nitrogen and oxygen atoms in total. The fraction of sp³-hybridized carbons (Fsp3) is 0.611. The van der Waals surface area contributed by atoms with E-state index in [9.17, 15) is 4.79 Å². The number of amides is 2. The van der Waals surface area contributed by atoms with Crippen molar-refractivity contribution in [2.75, 3.05) is 19.5 Å². The van der Waals surface area contributed by atoms with Gasteiger partial charge in [-0.1, -0.05) is 6.42 Å². The van der Waals surface area contributed by atoms with Crippen LogP contribution in [0, 0.1) is 6.92 Å². The fourth-order valence-electron chi connectivity index (χ4n) is 4.04. The van der Waals surface area contributed by atoms with Gasteiger partial charge in [0.2, 0.25) is 0 Å². The maximum atomic E-state index is 12.3. The quantitative estimate of drug-likeness (QED) is 0.900. The molecule has 2 fully saturated rings. The molecule has 2 bridgehead atoms. The van der Waals surface area contributed by atoms with Gasteiger partial charge in [0.15, 0.2) is 0 Å². The minimum Gasteiger partial charge on any atom is -0.496 e. The fourth-order valence-corrected chi connectivity index (χ4v) is 4.04. The number of nitrogens with zero attached hydrogens (tertiary/aromatic N) is 1. The van der Waals surface area contributed by atoms with Gasteiger partial charge in [-0.2, -0.15) is 0 Å². The molecule has 0 aliphatic carbocycles. The lowest BCUT2D eigenvalue weighted by molar-refractivity contribution is 0.0513. The van der Waals surface area contributed by atoms with Crippen molar-refractivity contribution in [2.24, 2.45) is 0 Å². The molecule has 1 aromatic rings. The number of fused-ring (bicyclic) bond motifs is 2. The number of anilines is 1. The van der Waals surface area contributed by atoms with E-state index in [1.54, 1.807) is 7.11 Å². The average Bonchev–Trinajstić information content (AvgIpc) is 2.48. The molecular weight excluding hydrogens is 290 g/mol. The van der Waals surface area contributed by atoms with E-state index < -0.39 is 0 Å². The van der Waals surface area contributed by atoms with Crippen LogP contribution in [-0.4, -0.2) is 43.2 Å². The number of methoxy groups -OCH3 is 1. The molecule has 5 heteroatoms. The largest absolute Gasteiger partial charge is 0.496 e. The van der Waals surface area contributed by atoms with Crippen LogP contribution in [0.25, 0.3) is 0 Å². The van der Waals surface area contributed by atoms with Gasteiger partial charge in [-0.05, 0) is 63.4 Å². The summed E-state index contributed by atoms with van der Waals surface area (Å²) in [4.78, 5) is 14.8. The second-order valence-electron chi connectivity index (χ2n) is 6.86. The molecule has 2 saturated heterocycles. The Kier molecular flexibility index (Phi) is 4.76. The van der Waals surface area contributed by atoms with Crippen LogP contribution in [-0.2, 0) is 0 Å². The Balaban J connectivity index is 1.56. The molecule has 2 aliphatic rings. The molecule has 3 atom stereocenters. The van der Waals surface area contributed by atoms with Gasteiger partial charge in [0, 0.05) is 23.8 Å². The first-order valence-electron chi connectivity index (χ1n) is 8.51. The monoisotopic (exact) mass is 317 g/mol. The van der Waals surface area contributed by atoms with Gasteiger partial charge in [-0.3, -0.25) is 0 Å². The van der Waals surface area contributed by atoms with Crippen LogP contribution in [0.15, 0.2) is 18.2 Å². The topological polar surface area (TPSA) is 53.6 Å². The Morgan fingerprint density at radius 2 is 1.96 bits per heavy atom.